The summed E-state index contributed by atoms with van der Waals surface area (Å²) in [5, 5.41) is 3.28. The summed E-state index contributed by atoms with van der Waals surface area (Å²) in [4.78, 5) is 0. The average Bonchev–Trinajstić information content (AvgIpc) is 2.71. The minimum atomic E-state index is 0.145. The molecular formula is C11H15NO2. The highest BCUT2D eigenvalue weighted by Crippen LogP contribution is 2.19. The van der Waals surface area contributed by atoms with Gasteiger partial charge in [0.1, 0.15) is 12.0 Å². The summed E-state index contributed by atoms with van der Waals surface area (Å²) in [5.74, 6) is 0.935. The predicted molar refractivity (Wildman–Crippen MR) is 54.4 cm³/mol. The Kier molecular flexibility index (Phi) is 3.01. The minimum Gasteiger partial charge on any atom is -0.496 e. The molecular weight excluding hydrogens is 178 g/mol. The topological polar surface area (TPSA) is 30.5 Å². The van der Waals surface area contributed by atoms with Crippen LogP contribution in [0.15, 0.2) is 24.3 Å². The van der Waals surface area contributed by atoms with Gasteiger partial charge in [0, 0.05) is 13.0 Å². The van der Waals surface area contributed by atoms with Gasteiger partial charge in [-0.15, -0.1) is 0 Å². The van der Waals surface area contributed by atoms with Crippen molar-refractivity contribution >= 4 is 0 Å². The molecule has 3 heteroatoms. The molecule has 76 valence electrons. The molecule has 0 aromatic heterocycles. The van der Waals surface area contributed by atoms with E-state index in [4.69, 9.17) is 9.47 Å². The highest BCUT2D eigenvalue weighted by Gasteiger charge is 2.16. The Hall–Kier alpha value is -1.06. The van der Waals surface area contributed by atoms with Gasteiger partial charge in [-0.3, -0.25) is 5.32 Å². The smallest absolute Gasteiger partial charge is 0.122 e. The van der Waals surface area contributed by atoms with Crippen molar-refractivity contribution in [3.8, 4) is 5.75 Å². The average molecular weight is 193 g/mol. The lowest BCUT2D eigenvalue weighted by Gasteiger charge is -2.12. The summed E-state index contributed by atoms with van der Waals surface area (Å²) >= 11 is 0. The van der Waals surface area contributed by atoms with Crippen LogP contribution in [0.2, 0.25) is 0 Å². The van der Waals surface area contributed by atoms with Gasteiger partial charge in [0.25, 0.3) is 0 Å². The van der Waals surface area contributed by atoms with Crippen molar-refractivity contribution in [1.29, 1.82) is 0 Å². The maximum atomic E-state index is 5.49. The third kappa shape index (κ3) is 2.05. The van der Waals surface area contributed by atoms with E-state index in [1.807, 2.05) is 18.2 Å². The van der Waals surface area contributed by atoms with Crippen LogP contribution in [-0.4, -0.2) is 26.5 Å². The SMILES string of the molecule is COc1ccccc1CC1NCCO1. The van der Waals surface area contributed by atoms with Gasteiger partial charge >= 0.3 is 0 Å². The van der Waals surface area contributed by atoms with Crippen LogP contribution in [0.3, 0.4) is 0 Å². The Bertz CT molecular complexity index is 295. The van der Waals surface area contributed by atoms with Crippen molar-refractivity contribution in [3.05, 3.63) is 29.8 Å². The molecule has 1 aromatic rings. The normalized spacial score (nSPS) is 21.1. The minimum absolute atomic E-state index is 0.145. The Morgan fingerprint density at radius 1 is 1.50 bits per heavy atom. The van der Waals surface area contributed by atoms with E-state index in [0.29, 0.717) is 0 Å². The summed E-state index contributed by atoms with van der Waals surface area (Å²) in [5.41, 5.74) is 1.19. The standard InChI is InChI=1S/C11H15NO2/c1-13-10-5-3-2-4-9(10)8-11-12-6-7-14-11/h2-5,11-12H,6-8H2,1H3. The number of methoxy groups -OCH3 is 1. The second-order valence-electron chi connectivity index (χ2n) is 3.33. The van der Waals surface area contributed by atoms with E-state index in [1.165, 1.54) is 5.56 Å². The fourth-order valence-electron chi connectivity index (χ4n) is 1.68. The predicted octanol–water partition coefficient (Wildman–Crippen LogP) is 1.18. The van der Waals surface area contributed by atoms with Crippen LogP contribution in [0.5, 0.6) is 5.75 Å². The monoisotopic (exact) mass is 193 g/mol. The maximum absolute atomic E-state index is 5.49. The number of hydrogen-bond acceptors (Lipinski definition) is 3. The maximum Gasteiger partial charge on any atom is 0.122 e. The van der Waals surface area contributed by atoms with Gasteiger partial charge in [-0.2, -0.15) is 0 Å². The van der Waals surface area contributed by atoms with Crippen LogP contribution in [0, 0.1) is 0 Å². The van der Waals surface area contributed by atoms with Crippen LogP contribution in [-0.2, 0) is 11.2 Å². The van der Waals surface area contributed by atoms with Crippen LogP contribution in [0.4, 0.5) is 0 Å². The highest BCUT2D eigenvalue weighted by molar-refractivity contribution is 5.33. The van der Waals surface area contributed by atoms with E-state index in [0.717, 1.165) is 25.3 Å². The number of rotatable bonds is 3. The molecule has 2 rings (SSSR count). The zero-order chi connectivity index (χ0) is 9.80. The molecule has 1 atom stereocenters. The first kappa shape index (κ1) is 9.49. The van der Waals surface area contributed by atoms with Gasteiger partial charge in [0.2, 0.25) is 0 Å². The molecule has 0 spiro atoms. The van der Waals surface area contributed by atoms with Crippen molar-refractivity contribution in [2.75, 3.05) is 20.3 Å². The Labute approximate surface area is 84.0 Å². The molecule has 0 amide bonds. The molecule has 1 N–H and O–H groups in total. The molecule has 0 radical (unpaired) electrons. The molecule has 1 heterocycles. The molecule has 1 aliphatic rings. The Balaban J connectivity index is 2.07. The number of benzene rings is 1. The lowest BCUT2D eigenvalue weighted by Crippen LogP contribution is -2.25. The van der Waals surface area contributed by atoms with E-state index in [2.05, 4.69) is 11.4 Å². The van der Waals surface area contributed by atoms with Gasteiger partial charge in [0.15, 0.2) is 0 Å². The molecule has 1 unspecified atom stereocenters. The van der Waals surface area contributed by atoms with Crippen molar-refractivity contribution in [2.45, 2.75) is 12.6 Å². The molecule has 1 fully saturated rings. The van der Waals surface area contributed by atoms with Gasteiger partial charge in [0.05, 0.1) is 13.7 Å². The van der Waals surface area contributed by atoms with Gasteiger partial charge in [-0.05, 0) is 11.6 Å². The zero-order valence-electron chi connectivity index (χ0n) is 8.32. The van der Waals surface area contributed by atoms with Crippen LogP contribution < -0.4 is 10.1 Å². The Morgan fingerprint density at radius 3 is 3.07 bits per heavy atom. The van der Waals surface area contributed by atoms with E-state index in [-0.39, 0.29) is 6.23 Å². The fraction of sp³-hybridized carbons (Fsp3) is 0.455. The summed E-state index contributed by atoms with van der Waals surface area (Å²) < 4.78 is 10.8. The van der Waals surface area contributed by atoms with E-state index in [9.17, 15) is 0 Å². The molecule has 1 aromatic carbocycles. The molecule has 0 saturated carbocycles. The third-order valence-corrected chi connectivity index (χ3v) is 2.39. The summed E-state index contributed by atoms with van der Waals surface area (Å²) in [6.45, 7) is 1.75. The number of ether oxygens (including phenoxy) is 2. The third-order valence-electron chi connectivity index (χ3n) is 2.39. The number of hydrogen-bond donors (Lipinski definition) is 1. The second kappa shape index (κ2) is 4.44. The summed E-state index contributed by atoms with van der Waals surface area (Å²) in [6, 6.07) is 8.05. The fourth-order valence-corrected chi connectivity index (χ4v) is 1.68. The van der Waals surface area contributed by atoms with Crippen molar-refractivity contribution < 1.29 is 9.47 Å². The van der Waals surface area contributed by atoms with Gasteiger partial charge in [-0.25, -0.2) is 0 Å². The Morgan fingerprint density at radius 2 is 2.36 bits per heavy atom. The molecule has 14 heavy (non-hydrogen) atoms. The van der Waals surface area contributed by atoms with Gasteiger partial charge < -0.3 is 9.47 Å². The highest BCUT2D eigenvalue weighted by atomic mass is 16.5. The summed E-state index contributed by atoms with van der Waals surface area (Å²) in [7, 11) is 1.70. The first-order valence-electron chi connectivity index (χ1n) is 4.87. The summed E-state index contributed by atoms with van der Waals surface area (Å²) in [6.07, 6.45) is 1.01. The second-order valence-corrected chi connectivity index (χ2v) is 3.33. The molecule has 3 nitrogen and oxygen atoms in total. The molecule has 0 aliphatic carbocycles. The van der Waals surface area contributed by atoms with Crippen LogP contribution >= 0.6 is 0 Å². The molecule has 1 saturated heterocycles. The van der Waals surface area contributed by atoms with Crippen molar-refractivity contribution in [1.82, 2.24) is 5.32 Å². The van der Waals surface area contributed by atoms with E-state index < -0.39 is 0 Å². The molecule has 1 aliphatic heterocycles. The molecule has 0 bridgehead atoms. The van der Waals surface area contributed by atoms with E-state index >= 15 is 0 Å². The first-order valence-corrected chi connectivity index (χ1v) is 4.87. The number of nitrogens with one attached hydrogen (secondary N) is 1. The van der Waals surface area contributed by atoms with Crippen molar-refractivity contribution in [3.63, 3.8) is 0 Å². The zero-order valence-corrected chi connectivity index (χ0v) is 8.32. The van der Waals surface area contributed by atoms with Crippen LogP contribution in [0.1, 0.15) is 5.56 Å². The number of para-hydroxylation sites is 1. The lowest BCUT2D eigenvalue weighted by molar-refractivity contribution is 0.101. The van der Waals surface area contributed by atoms with Crippen LogP contribution in [0.25, 0.3) is 0 Å². The lowest BCUT2D eigenvalue weighted by atomic mass is 10.1. The largest absolute Gasteiger partial charge is 0.496 e. The van der Waals surface area contributed by atoms with E-state index in [1.54, 1.807) is 7.11 Å². The van der Waals surface area contributed by atoms with Gasteiger partial charge in [-0.1, -0.05) is 18.2 Å². The quantitative estimate of drug-likeness (QED) is 0.782. The first-order chi connectivity index (χ1) is 6.90. The van der Waals surface area contributed by atoms with Crippen molar-refractivity contribution in [2.24, 2.45) is 0 Å².